The first-order chi connectivity index (χ1) is 12.0. The molecule has 1 aromatic heterocycles. The van der Waals surface area contributed by atoms with E-state index < -0.39 is 0 Å². The minimum atomic E-state index is -0.187. The van der Waals surface area contributed by atoms with Crippen molar-refractivity contribution in [3.8, 4) is 0 Å². The quantitative estimate of drug-likeness (QED) is 0.874. The average Bonchev–Trinajstić information content (AvgIpc) is 3.24. The normalized spacial score (nSPS) is 22.6. The van der Waals surface area contributed by atoms with Crippen molar-refractivity contribution in [2.75, 3.05) is 13.1 Å². The van der Waals surface area contributed by atoms with E-state index in [0.717, 1.165) is 31.4 Å². The molecule has 0 unspecified atom stereocenters. The summed E-state index contributed by atoms with van der Waals surface area (Å²) in [6.45, 7) is 3.31. The summed E-state index contributed by atoms with van der Waals surface area (Å²) in [4.78, 5) is 26.7. The molecule has 2 aliphatic rings. The van der Waals surface area contributed by atoms with Crippen LogP contribution in [0.25, 0.3) is 0 Å². The highest BCUT2D eigenvalue weighted by atomic mass is 16.2. The SMILES string of the molecule is C[C@H](NC(=O)N[C@@H]1CCN(C(=O)C2CCCCC2)C1)c1cnn(C)c1. The molecule has 138 valence electrons. The minimum Gasteiger partial charge on any atom is -0.340 e. The third kappa shape index (κ3) is 4.52. The average molecular weight is 347 g/mol. The molecule has 1 aliphatic heterocycles. The fourth-order valence-electron chi connectivity index (χ4n) is 3.86. The Morgan fingerprint density at radius 1 is 1.24 bits per heavy atom. The molecule has 3 rings (SSSR count). The standard InChI is InChI=1S/C18H29N5O2/c1-13(15-10-19-22(2)11-15)20-18(25)21-16-8-9-23(12-16)17(24)14-6-4-3-5-7-14/h10-11,13-14,16H,3-9,12H2,1-2H3,(H2,20,21,25)/t13-,16+/m0/s1. The predicted molar refractivity (Wildman–Crippen MR) is 94.9 cm³/mol. The lowest BCUT2D eigenvalue weighted by Gasteiger charge is -2.26. The number of aromatic nitrogens is 2. The van der Waals surface area contributed by atoms with Crippen LogP contribution in [0.15, 0.2) is 12.4 Å². The second kappa shape index (κ2) is 7.89. The van der Waals surface area contributed by atoms with Gasteiger partial charge in [-0.05, 0) is 26.2 Å². The molecule has 2 heterocycles. The number of hydrogen-bond donors (Lipinski definition) is 2. The summed E-state index contributed by atoms with van der Waals surface area (Å²) >= 11 is 0. The van der Waals surface area contributed by atoms with Crippen LogP contribution >= 0.6 is 0 Å². The topological polar surface area (TPSA) is 79.3 Å². The van der Waals surface area contributed by atoms with Crippen LogP contribution in [0.5, 0.6) is 0 Å². The van der Waals surface area contributed by atoms with Gasteiger partial charge < -0.3 is 15.5 Å². The van der Waals surface area contributed by atoms with Crippen LogP contribution in [-0.2, 0) is 11.8 Å². The number of nitrogens with zero attached hydrogens (tertiary/aromatic N) is 3. The Labute approximate surface area is 149 Å². The van der Waals surface area contributed by atoms with Crippen LogP contribution in [0, 0.1) is 5.92 Å². The summed E-state index contributed by atoms with van der Waals surface area (Å²) < 4.78 is 1.72. The second-order valence-corrected chi connectivity index (χ2v) is 7.39. The summed E-state index contributed by atoms with van der Waals surface area (Å²) in [6.07, 6.45) is 10.1. The van der Waals surface area contributed by atoms with Crippen LogP contribution in [-0.4, -0.2) is 45.8 Å². The summed E-state index contributed by atoms with van der Waals surface area (Å²) in [7, 11) is 1.85. The lowest BCUT2D eigenvalue weighted by Crippen LogP contribution is -2.45. The van der Waals surface area contributed by atoms with Crippen molar-refractivity contribution in [2.45, 2.75) is 57.5 Å². The number of nitrogens with one attached hydrogen (secondary N) is 2. The van der Waals surface area contributed by atoms with Gasteiger partial charge in [-0.15, -0.1) is 0 Å². The molecular weight excluding hydrogens is 318 g/mol. The predicted octanol–water partition coefficient (Wildman–Crippen LogP) is 1.96. The zero-order valence-electron chi connectivity index (χ0n) is 15.2. The number of likely N-dealkylation sites (tertiary alicyclic amines) is 1. The molecule has 0 radical (unpaired) electrons. The molecule has 1 aromatic rings. The molecule has 2 N–H and O–H groups in total. The van der Waals surface area contributed by atoms with Gasteiger partial charge in [0.05, 0.1) is 12.2 Å². The number of rotatable bonds is 4. The maximum absolute atomic E-state index is 12.6. The summed E-state index contributed by atoms with van der Waals surface area (Å²) in [5.41, 5.74) is 0.971. The lowest BCUT2D eigenvalue weighted by atomic mass is 9.88. The Balaban J connectivity index is 1.44. The zero-order valence-corrected chi connectivity index (χ0v) is 15.2. The highest BCUT2D eigenvalue weighted by Crippen LogP contribution is 2.26. The molecule has 3 amide bonds. The fraction of sp³-hybridized carbons (Fsp3) is 0.722. The monoisotopic (exact) mass is 347 g/mol. The third-order valence-electron chi connectivity index (χ3n) is 5.36. The summed E-state index contributed by atoms with van der Waals surface area (Å²) in [5.74, 6) is 0.486. The van der Waals surface area contributed by atoms with E-state index in [1.807, 2.05) is 25.1 Å². The van der Waals surface area contributed by atoms with Gasteiger partial charge in [0.1, 0.15) is 0 Å². The maximum atomic E-state index is 12.6. The van der Waals surface area contributed by atoms with E-state index in [1.54, 1.807) is 10.9 Å². The van der Waals surface area contributed by atoms with E-state index in [1.165, 1.54) is 19.3 Å². The largest absolute Gasteiger partial charge is 0.340 e. The molecule has 2 atom stereocenters. The minimum absolute atomic E-state index is 0.0358. The van der Waals surface area contributed by atoms with E-state index >= 15 is 0 Å². The first-order valence-corrected chi connectivity index (χ1v) is 9.37. The number of carbonyl (C=O) groups is 2. The van der Waals surface area contributed by atoms with Crippen LogP contribution in [0.3, 0.4) is 0 Å². The van der Waals surface area contributed by atoms with Crippen molar-refractivity contribution in [1.82, 2.24) is 25.3 Å². The van der Waals surface area contributed by atoms with Crippen molar-refractivity contribution in [3.63, 3.8) is 0 Å². The van der Waals surface area contributed by atoms with E-state index in [9.17, 15) is 9.59 Å². The molecule has 25 heavy (non-hydrogen) atoms. The Morgan fingerprint density at radius 2 is 2.00 bits per heavy atom. The van der Waals surface area contributed by atoms with Crippen molar-refractivity contribution in [3.05, 3.63) is 18.0 Å². The van der Waals surface area contributed by atoms with Gasteiger partial charge in [0, 0.05) is 43.9 Å². The van der Waals surface area contributed by atoms with Crippen molar-refractivity contribution < 1.29 is 9.59 Å². The number of hydrogen-bond acceptors (Lipinski definition) is 3. The van der Waals surface area contributed by atoms with E-state index in [4.69, 9.17) is 0 Å². The third-order valence-corrected chi connectivity index (χ3v) is 5.36. The van der Waals surface area contributed by atoms with Crippen molar-refractivity contribution in [2.24, 2.45) is 13.0 Å². The van der Waals surface area contributed by atoms with Gasteiger partial charge in [0.2, 0.25) is 5.91 Å². The highest BCUT2D eigenvalue weighted by Gasteiger charge is 2.32. The van der Waals surface area contributed by atoms with Crippen LogP contribution in [0.4, 0.5) is 4.79 Å². The van der Waals surface area contributed by atoms with Crippen LogP contribution < -0.4 is 10.6 Å². The Bertz CT molecular complexity index is 608. The Kier molecular flexibility index (Phi) is 5.60. The van der Waals surface area contributed by atoms with Gasteiger partial charge in [-0.2, -0.15) is 5.10 Å². The summed E-state index contributed by atoms with van der Waals surface area (Å²) in [5, 5.41) is 10.1. The molecule has 7 nitrogen and oxygen atoms in total. The first-order valence-electron chi connectivity index (χ1n) is 9.37. The smallest absolute Gasteiger partial charge is 0.315 e. The van der Waals surface area contributed by atoms with E-state index in [2.05, 4.69) is 15.7 Å². The lowest BCUT2D eigenvalue weighted by molar-refractivity contribution is -0.135. The first kappa shape index (κ1) is 17.8. The van der Waals surface area contributed by atoms with Gasteiger partial charge in [-0.25, -0.2) is 4.79 Å². The van der Waals surface area contributed by atoms with Crippen LogP contribution in [0.2, 0.25) is 0 Å². The molecule has 1 saturated heterocycles. The van der Waals surface area contributed by atoms with Gasteiger partial charge >= 0.3 is 6.03 Å². The maximum Gasteiger partial charge on any atom is 0.315 e. The van der Waals surface area contributed by atoms with Crippen molar-refractivity contribution in [1.29, 1.82) is 0 Å². The zero-order chi connectivity index (χ0) is 17.8. The molecule has 7 heteroatoms. The second-order valence-electron chi connectivity index (χ2n) is 7.39. The number of carbonyl (C=O) groups excluding carboxylic acids is 2. The molecule has 0 bridgehead atoms. The Morgan fingerprint density at radius 3 is 2.68 bits per heavy atom. The van der Waals surface area contributed by atoms with Gasteiger partial charge in [-0.1, -0.05) is 19.3 Å². The highest BCUT2D eigenvalue weighted by molar-refractivity contribution is 5.79. The van der Waals surface area contributed by atoms with Gasteiger partial charge in [0.25, 0.3) is 0 Å². The molecule has 0 spiro atoms. The fourth-order valence-corrected chi connectivity index (χ4v) is 3.86. The molecule has 0 aromatic carbocycles. The number of amides is 3. The van der Waals surface area contributed by atoms with E-state index in [-0.39, 0.29) is 29.9 Å². The number of aryl methyl sites for hydroxylation is 1. The Hall–Kier alpha value is -2.05. The van der Waals surface area contributed by atoms with Gasteiger partial charge in [-0.3, -0.25) is 9.48 Å². The number of urea groups is 1. The molecule has 1 saturated carbocycles. The van der Waals surface area contributed by atoms with E-state index in [0.29, 0.717) is 6.54 Å². The summed E-state index contributed by atoms with van der Waals surface area (Å²) in [6, 6.07) is -0.253. The molecular formula is C18H29N5O2. The van der Waals surface area contributed by atoms with Crippen molar-refractivity contribution >= 4 is 11.9 Å². The van der Waals surface area contributed by atoms with Crippen LogP contribution in [0.1, 0.15) is 57.1 Å². The van der Waals surface area contributed by atoms with Gasteiger partial charge in [0.15, 0.2) is 0 Å². The molecule has 2 fully saturated rings. The molecule has 1 aliphatic carbocycles.